The maximum atomic E-state index is 10.8. The fourth-order valence-corrected chi connectivity index (χ4v) is 1.50. The lowest BCUT2D eigenvalue weighted by Crippen LogP contribution is -1.91. The number of rotatable bonds is 3. The van der Waals surface area contributed by atoms with Crippen LogP contribution in [0.2, 0.25) is 0 Å². The molecule has 1 aromatic carbocycles. The van der Waals surface area contributed by atoms with Crippen molar-refractivity contribution in [1.29, 1.82) is 0 Å². The molecule has 0 spiro atoms. The summed E-state index contributed by atoms with van der Waals surface area (Å²) in [6.07, 6.45) is 3.09. The Kier molecular flexibility index (Phi) is 2.87. The minimum Gasteiger partial charge on any atom is -0.298 e. The number of hydrogen-bond donors (Lipinski definition) is 0. The van der Waals surface area contributed by atoms with Gasteiger partial charge in [0.25, 0.3) is 0 Å². The summed E-state index contributed by atoms with van der Waals surface area (Å²) in [7, 11) is 0. The smallest absolute Gasteiger partial charge is 0.169 e. The van der Waals surface area contributed by atoms with Crippen molar-refractivity contribution >= 4 is 12.6 Å². The summed E-state index contributed by atoms with van der Waals surface area (Å²) < 4.78 is 0. The lowest BCUT2D eigenvalue weighted by atomic mass is 10.0. The average Bonchev–Trinajstić information content (AvgIpc) is 2.39. The summed E-state index contributed by atoms with van der Waals surface area (Å²) in [5.41, 5.74) is 2.66. The first kappa shape index (κ1) is 10.2. The van der Waals surface area contributed by atoms with E-state index in [1.807, 2.05) is 6.07 Å². The van der Waals surface area contributed by atoms with Crippen LogP contribution in [0.15, 0.2) is 42.6 Å². The molecule has 1 heterocycles. The van der Waals surface area contributed by atoms with Crippen molar-refractivity contribution in [2.75, 3.05) is 0 Å². The maximum Gasteiger partial charge on any atom is 0.169 e. The zero-order valence-corrected chi connectivity index (χ0v) is 8.46. The summed E-state index contributed by atoms with van der Waals surface area (Å²) in [4.78, 5) is 25.3. The van der Waals surface area contributed by atoms with E-state index in [1.54, 1.807) is 36.5 Å². The Morgan fingerprint density at radius 2 is 1.69 bits per heavy atom. The molecule has 16 heavy (non-hydrogen) atoms. The molecule has 0 aliphatic rings. The molecule has 0 fully saturated rings. The minimum atomic E-state index is 0.404. The third-order valence-corrected chi connectivity index (χ3v) is 2.31. The van der Waals surface area contributed by atoms with Gasteiger partial charge in [0.2, 0.25) is 0 Å². The van der Waals surface area contributed by atoms with Crippen molar-refractivity contribution in [2.45, 2.75) is 0 Å². The highest BCUT2D eigenvalue weighted by Crippen LogP contribution is 2.21. The van der Waals surface area contributed by atoms with Crippen molar-refractivity contribution in [3.63, 3.8) is 0 Å². The second-order valence-electron chi connectivity index (χ2n) is 3.29. The normalized spacial score (nSPS) is 9.75. The number of carbonyl (C=O) groups excluding carboxylic acids is 2. The molecule has 0 unspecified atom stereocenters. The number of hydrogen-bond acceptors (Lipinski definition) is 3. The molecule has 3 heteroatoms. The van der Waals surface area contributed by atoms with E-state index >= 15 is 0 Å². The molecule has 1 aromatic heterocycles. The summed E-state index contributed by atoms with van der Waals surface area (Å²) in [5.74, 6) is 0. The Morgan fingerprint density at radius 1 is 0.938 bits per heavy atom. The molecule has 0 amide bonds. The second-order valence-corrected chi connectivity index (χ2v) is 3.29. The molecule has 0 atom stereocenters. The molecule has 0 saturated carbocycles. The fraction of sp³-hybridized carbons (Fsp3) is 0. The number of pyridine rings is 1. The Hall–Kier alpha value is -2.29. The first-order chi connectivity index (χ1) is 7.85. The monoisotopic (exact) mass is 211 g/mol. The molecule has 0 N–H and O–H groups in total. The quantitative estimate of drug-likeness (QED) is 0.732. The van der Waals surface area contributed by atoms with Crippen LogP contribution >= 0.6 is 0 Å². The van der Waals surface area contributed by atoms with Crippen molar-refractivity contribution in [3.8, 4) is 11.1 Å². The molecule has 0 aliphatic carbocycles. The van der Waals surface area contributed by atoms with Crippen LogP contribution in [0.5, 0.6) is 0 Å². The van der Waals surface area contributed by atoms with E-state index < -0.39 is 0 Å². The van der Waals surface area contributed by atoms with Gasteiger partial charge >= 0.3 is 0 Å². The number of benzene rings is 1. The van der Waals surface area contributed by atoms with Crippen molar-refractivity contribution in [2.24, 2.45) is 0 Å². The maximum absolute atomic E-state index is 10.8. The lowest BCUT2D eigenvalue weighted by Gasteiger charge is -2.03. The number of nitrogens with zero attached hydrogens (tertiary/aromatic N) is 1. The van der Waals surface area contributed by atoms with Gasteiger partial charge in [-0.05, 0) is 11.6 Å². The molecule has 2 rings (SSSR count). The first-order valence-electron chi connectivity index (χ1n) is 4.81. The third kappa shape index (κ3) is 1.88. The second kappa shape index (κ2) is 4.49. The highest BCUT2D eigenvalue weighted by atomic mass is 16.1. The Morgan fingerprint density at radius 3 is 2.31 bits per heavy atom. The molecule has 78 valence electrons. The van der Waals surface area contributed by atoms with Gasteiger partial charge in [-0.15, -0.1) is 0 Å². The lowest BCUT2D eigenvalue weighted by molar-refractivity contribution is 0.111. The highest BCUT2D eigenvalue weighted by molar-refractivity contribution is 5.85. The van der Waals surface area contributed by atoms with Crippen LogP contribution in [0.3, 0.4) is 0 Å². The molecule has 3 nitrogen and oxygen atoms in total. The molecule has 0 bridgehead atoms. The number of aldehydes is 2. The molecule has 2 aromatic rings. The van der Waals surface area contributed by atoms with E-state index in [4.69, 9.17) is 0 Å². The van der Waals surface area contributed by atoms with Crippen molar-refractivity contribution in [3.05, 3.63) is 53.9 Å². The number of carbonyl (C=O) groups is 2. The van der Waals surface area contributed by atoms with Crippen molar-refractivity contribution < 1.29 is 9.59 Å². The van der Waals surface area contributed by atoms with Gasteiger partial charge in [0, 0.05) is 17.3 Å². The van der Waals surface area contributed by atoms with Gasteiger partial charge in [-0.2, -0.15) is 0 Å². The van der Waals surface area contributed by atoms with Crippen LogP contribution in [0.4, 0.5) is 0 Å². The van der Waals surface area contributed by atoms with Gasteiger partial charge in [-0.25, -0.2) is 0 Å². The van der Waals surface area contributed by atoms with Crippen LogP contribution in [0, 0.1) is 0 Å². The minimum absolute atomic E-state index is 0.404. The summed E-state index contributed by atoms with van der Waals surface area (Å²) in [6.45, 7) is 0. The van der Waals surface area contributed by atoms with Crippen LogP contribution in [0.1, 0.15) is 20.8 Å². The molecular formula is C13H9NO2. The third-order valence-electron chi connectivity index (χ3n) is 2.31. The van der Waals surface area contributed by atoms with Gasteiger partial charge in [0.1, 0.15) is 12.0 Å². The Bertz CT molecular complexity index is 518. The van der Waals surface area contributed by atoms with Gasteiger partial charge < -0.3 is 0 Å². The standard InChI is InChI=1S/C13H9NO2/c15-8-10-3-5-11(6-4-10)12-2-1-7-14-13(12)9-16/h1-9H. The molecule has 0 saturated heterocycles. The van der Waals surface area contributed by atoms with E-state index in [1.165, 1.54) is 0 Å². The van der Waals surface area contributed by atoms with Gasteiger partial charge in [0.05, 0.1) is 0 Å². The van der Waals surface area contributed by atoms with Crippen LogP contribution in [0.25, 0.3) is 11.1 Å². The molecule has 0 radical (unpaired) electrons. The summed E-state index contributed by atoms with van der Waals surface area (Å²) >= 11 is 0. The largest absolute Gasteiger partial charge is 0.298 e. The van der Waals surface area contributed by atoms with E-state index in [2.05, 4.69) is 4.98 Å². The van der Waals surface area contributed by atoms with E-state index in [9.17, 15) is 9.59 Å². The highest BCUT2D eigenvalue weighted by Gasteiger charge is 2.04. The van der Waals surface area contributed by atoms with E-state index in [-0.39, 0.29) is 0 Å². The summed E-state index contributed by atoms with van der Waals surface area (Å²) in [5, 5.41) is 0. The first-order valence-corrected chi connectivity index (χ1v) is 4.81. The van der Waals surface area contributed by atoms with E-state index in [0.717, 1.165) is 23.7 Å². The SMILES string of the molecule is O=Cc1ccc(-c2cccnc2C=O)cc1. The zero-order chi connectivity index (χ0) is 11.4. The molecule has 0 aliphatic heterocycles. The summed E-state index contributed by atoms with van der Waals surface area (Å²) in [6, 6.07) is 10.6. The topological polar surface area (TPSA) is 47.0 Å². The van der Waals surface area contributed by atoms with Crippen LogP contribution in [-0.4, -0.2) is 17.6 Å². The zero-order valence-electron chi connectivity index (χ0n) is 8.46. The van der Waals surface area contributed by atoms with Crippen LogP contribution < -0.4 is 0 Å². The van der Waals surface area contributed by atoms with Crippen LogP contribution in [-0.2, 0) is 0 Å². The fourth-order valence-electron chi connectivity index (χ4n) is 1.50. The van der Waals surface area contributed by atoms with Gasteiger partial charge in [-0.1, -0.05) is 30.3 Å². The van der Waals surface area contributed by atoms with E-state index in [0.29, 0.717) is 11.3 Å². The van der Waals surface area contributed by atoms with Gasteiger partial charge in [-0.3, -0.25) is 14.6 Å². The predicted octanol–water partition coefficient (Wildman–Crippen LogP) is 2.37. The predicted molar refractivity (Wildman–Crippen MR) is 60.4 cm³/mol. The Balaban J connectivity index is 2.49. The Labute approximate surface area is 92.8 Å². The number of aromatic nitrogens is 1. The average molecular weight is 211 g/mol. The van der Waals surface area contributed by atoms with Crippen molar-refractivity contribution in [1.82, 2.24) is 4.98 Å². The molecular weight excluding hydrogens is 202 g/mol. The van der Waals surface area contributed by atoms with Gasteiger partial charge in [0.15, 0.2) is 6.29 Å².